The standard InChI is InChI=1S/C13H12F3N3O/c1-19(8-9-6-17-18-7-9)12(20)10-3-2-4-11(5-10)13(14,15)16/h2-7H,8H2,1H3,(H,17,18). The zero-order valence-corrected chi connectivity index (χ0v) is 10.6. The summed E-state index contributed by atoms with van der Waals surface area (Å²) in [5, 5.41) is 6.35. The van der Waals surface area contributed by atoms with Crippen LogP contribution in [0.3, 0.4) is 0 Å². The van der Waals surface area contributed by atoms with Gasteiger partial charge in [0.15, 0.2) is 0 Å². The first-order valence-electron chi connectivity index (χ1n) is 5.78. The number of aromatic nitrogens is 2. The third-order valence-electron chi connectivity index (χ3n) is 2.76. The number of carbonyl (C=O) groups excluding carboxylic acids is 1. The largest absolute Gasteiger partial charge is 0.416 e. The molecule has 0 aliphatic carbocycles. The maximum absolute atomic E-state index is 12.6. The number of rotatable bonds is 3. The van der Waals surface area contributed by atoms with Crippen LogP contribution in [0.2, 0.25) is 0 Å². The monoisotopic (exact) mass is 283 g/mol. The summed E-state index contributed by atoms with van der Waals surface area (Å²) in [5.41, 5.74) is -0.0568. The van der Waals surface area contributed by atoms with E-state index in [1.807, 2.05) is 0 Å². The molecule has 0 atom stereocenters. The smallest absolute Gasteiger partial charge is 0.337 e. The lowest BCUT2D eigenvalue weighted by atomic mass is 10.1. The normalized spacial score (nSPS) is 11.4. The van der Waals surface area contributed by atoms with Gasteiger partial charge in [-0.15, -0.1) is 0 Å². The van der Waals surface area contributed by atoms with Crippen LogP contribution >= 0.6 is 0 Å². The van der Waals surface area contributed by atoms with E-state index in [1.54, 1.807) is 12.4 Å². The van der Waals surface area contributed by atoms with E-state index in [1.165, 1.54) is 24.1 Å². The predicted molar refractivity (Wildman–Crippen MR) is 65.8 cm³/mol. The first kappa shape index (κ1) is 14.1. The number of carbonyl (C=O) groups is 1. The summed E-state index contributed by atoms with van der Waals surface area (Å²) in [4.78, 5) is 13.4. The molecule has 0 bridgehead atoms. The minimum Gasteiger partial charge on any atom is -0.337 e. The second-order valence-electron chi connectivity index (χ2n) is 4.35. The van der Waals surface area contributed by atoms with Crippen molar-refractivity contribution in [1.82, 2.24) is 15.1 Å². The van der Waals surface area contributed by atoms with E-state index in [0.717, 1.165) is 17.7 Å². The number of benzene rings is 1. The number of alkyl halides is 3. The van der Waals surface area contributed by atoms with Gasteiger partial charge in [0.1, 0.15) is 0 Å². The molecule has 2 rings (SSSR count). The van der Waals surface area contributed by atoms with Gasteiger partial charge in [-0.25, -0.2) is 0 Å². The van der Waals surface area contributed by atoms with E-state index in [0.29, 0.717) is 0 Å². The molecule has 2 aromatic rings. The second-order valence-corrected chi connectivity index (χ2v) is 4.35. The van der Waals surface area contributed by atoms with Crippen LogP contribution in [0.15, 0.2) is 36.7 Å². The summed E-state index contributed by atoms with van der Waals surface area (Å²) in [6.45, 7) is 0.269. The number of amides is 1. The van der Waals surface area contributed by atoms with Gasteiger partial charge in [-0.1, -0.05) is 6.07 Å². The van der Waals surface area contributed by atoms with E-state index < -0.39 is 17.6 Å². The molecule has 1 amide bonds. The number of nitrogens with zero attached hydrogens (tertiary/aromatic N) is 2. The van der Waals surface area contributed by atoms with E-state index in [2.05, 4.69) is 10.2 Å². The van der Waals surface area contributed by atoms with E-state index in [4.69, 9.17) is 0 Å². The fourth-order valence-corrected chi connectivity index (χ4v) is 1.76. The van der Waals surface area contributed by atoms with Crippen molar-refractivity contribution in [2.75, 3.05) is 7.05 Å². The van der Waals surface area contributed by atoms with Crippen LogP contribution in [0.4, 0.5) is 13.2 Å². The van der Waals surface area contributed by atoms with Crippen molar-refractivity contribution in [3.05, 3.63) is 53.3 Å². The van der Waals surface area contributed by atoms with Gasteiger partial charge in [0.05, 0.1) is 11.8 Å². The molecular formula is C13H12F3N3O. The molecule has 0 spiro atoms. The highest BCUT2D eigenvalue weighted by Crippen LogP contribution is 2.29. The molecule has 1 aromatic carbocycles. The minimum atomic E-state index is -4.46. The van der Waals surface area contributed by atoms with Crippen LogP contribution in [0.25, 0.3) is 0 Å². The number of hydrogen-bond acceptors (Lipinski definition) is 2. The molecule has 20 heavy (non-hydrogen) atoms. The summed E-state index contributed by atoms with van der Waals surface area (Å²) >= 11 is 0. The van der Waals surface area contributed by atoms with Crippen molar-refractivity contribution in [2.24, 2.45) is 0 Å². The fourth-order valence-electron chi connectivity index (χ4n) is 1.76. The first-order chi connectivity index (χ1) is 9.38. The molecule has 1 heterocycles. The molecule has 0 radical (unpaired) electrons. The third-order valence-corrected chi connectivity index (χ3v) is 2.76. The van der Waals surface area contributed by atoms with Gasteiger partial charge in [-0.3, -0.25) is 9.89 Å². The molecule has 0 aliphatic rings. The van der Waals surface area contributed by atoms with Crippen molar-refractivity contribution in [3.8, 4) is 0 Å². The Morgan fingerprint density at radius 2 is 2.15 bits per heavy atom. The zero-order chi connectivity index (χ0) is 14.8. The Hall–Kier alpha value is -2.31. The Kier molecular flexibility index (Phi) is 3.78. The molecule has 4 nitrogen and oxygen atoms in total. The topological polar surface area (TPSA) is 49.0 Å². The molecule has 1 aromatic heterocycles. The Bertz CT molecular complexity index is 593. The molecule has 0 aliphatic heterocycles. The Morgan fingerprint density at radius 1 is 1.40 bits per heavy atom. The maximum atomic E-state index is 12.6. The number of H-pyrrole nitrogens is 1. The second kappa shape index (κ2) is 5.36. The van der Waals surface area contributed by atoms with Crippen LogP contribution in [0, 0.1) is 0 Å². The van der Waals surface area contributed by atoms with Crippen molar-refractivity contribution in [1.29, 1.82) is 0 Å². The summed E-state index contributed by atoms with van der Waals surface area (Å²) < 4.78 is 37.8. The van der Waals surface area contributed by atoms with Gasteiger partial charge in [-0.05, 0) is 18.2 Å². The van der Waals surface area contributed by atoms with Gasteiger partial charge < -0.3 is 4.90 Å². The Labute approximate surface area is 113 Å². The average Bonchev–Trinajstić information content (AvgIpc) is 2.90. The van der Waals surface area contributed by atoms with Crippen LogP contribution in [-0.2, 0) is 12.7 Å². The van der Waals surface area contributed by atoms with Crippen molar-refractivity contribution in [2.45, 2.75) is 12.7 Å². The molecular weight excluding hydrogens is 271 g/mol. The van der Waals surface area contributed by atoms with Crippen LogP contribution in [0.1, 0.15) is 21.5 Å². The molecule has 1 N–H and O–H groups in total. The van der Waals surface area contributed by atoms with Crippen LogP contribution in [-0.4, -0.2) is 28.1 Å². The van der Waals surface area contributed by atoms with Gasteiger partial charge >= 0.3 is 6.18 Å². The number of aromatic amines is 1. The number of halogens is 3. The molecule has 0 unspecified atom stereocenters. The van der Waals surface area contributed by atoms with E-state index >= 15 is 0 Å². The van der Waals surface area contributed by atoms with E-state index in [-0.39, 0.29) is 12.1 Å². The fraction of sp³-hybridized carbons (Fsp3) is 0.231. The van der Waals surface area contributed by atoms with Gasteiger partial charge in [0.25, 0.3) is 5.91 Å². The summed E-state index contributed by atoms with van der Waals surface area (Å²) in [5.74, 6) is -0.475. The molecule has 7 heteroatoms. The maximum Gasteiger partial charge on any atom is 0.416 e. The van der Waals surface area contributed by atoms with Crippen molar-refractivity contribution >= 4 is 5.91 Å². The SMILES string of the molecule is CN(Cc1cn[nH]c1)C(=O)c1cccc(C(F)(F)F)c1. The highest BCUT2D eigenvalue weighted by molar-refractivity contribution is 5.94. The Balaban J connectivity index is 2.16. The molecule has 106 valence electrons. The summed E-state index contributed by atoms with van der Waals surface area (Å²) in [6, 6.07) is 4.38. The minimum absolute atomic E-state index is 0.00539. The average molecular weight is 283 g/mol. The number of hydrogen-bond donors (Lipinski definition) is 1. The van der Waals surface area contributed by atoms with Gasteiger partial charge in [0, 0.05) is 30.9 Å². The quantitative estimate of drug-likeness (QED) is 0.941. The van der Waals surface area contributed by atoms with Crippen LogP contribution < -0.4 is 0 Å². The summed E-state index contributed by atoms with van der Waals surface area (Å²) in [6.07, 6.45) is -1.29. The first-order valence-corrected chi connectivity index (χ1v) is 5.78. The number of nitrogens with one attached hydrogen (secondary N) is 1. The Morgan fingerprint density at radius 3 is 2.75 bits per heavy atom. The lowest BCUT2D eigenvalue weighted by Crippen LogP contribution is -2.26. The van der Waals surface area contributed by atoms with Crippen molar-refractivity contribution in [3.63, 3.8) is 0 Å². The lowest BCUT2D eigenvalue weighted by Gasteiger charge is -2.17. The zero-order valence-electron chi connectivity index (χ0n) is 10.6. The predicted octanol–water partition coefficient (Wildman–Crippen LogP) is 2.70. The highest BCUT2D eigenvalue weighted by atomic mass is 19.4. The lowest BCUT2D eigenvalue weighted by molar-refractivity contribution is -0.137. The molecule has 0 saturated carbocycles. The molecule has 0 fully saturated rings. The van der Waals surface area contributed by atoms with Gasteiger partial charge in [0.2, 0.25) is 0 Å². The van der Waals surface area contributed by atoms with Crippen LogP contribution in [0.5, 0.6) is 0 Å². The van der Waals surface area contributed by atoms with Crippen molar-refractivity contribution < 1.29 is 18.0 Å². The van der Waals surface area contributed by atoms with E-state index in [9.17, 15) is 18.0 Å². The van der Waals surface area contributed by atoms with Gasteiger partial charge in [-0.2, -0.15) is 18.3 Å². The molecule has 0 saturated heterocycles. The third kappa shape index (κ3) is 3.17. The summed E-state index contributed by atoms with van der Waals surface area (Å²) in [7, 11) is 1.52. The highest BCUT2D eigenvalue weighted by Gasteiger charge is 2.31.